The highest BCUT2D eigenvalue weighted by Gasteiger charge is 2.17. The molecule has 6 heteroatoms. The normalized spacial score (nSPS) is 9.94. The smallest absolute Gasteiger partial charge is 0.386 e. The van der Waals surface area contributed by atoms with Gasteiger partial charge in [-0.25, -0.2) is 13.6 Å². The standard InChI is InChI=1S/C10H8F2O3S/c1-2-15-9(13)10(14)16-8-4-6(11)3-7(12)5-8/h3-5H,2H2,1H3. The Kier molecular flexibility index (Phi) is 4.42. The number of hydrogen-bond acceptors (Lipinski definition) is 4. The first-order chi connectivity index (χ1) is 7.52. The number of benzene rings is 1. The van der Waals surface area contributed by atoms with Crippen LogP contribution in [-0.4, -0.2) is 17.7 Å². The van der Waals surface area contributed by atoms with E-state index in [1.165, 1.54) is 0 Å². The summed E-state index contributed by atoms with van der Waals surface area (Å²) >= 11 is 0.427. The Morgan fingerprint density at radius 2 is 1.81 bits per heavy atom. The van der Waals surface area contributed by atoms with Gasteiger partial charge in [-0.3, -0.25) is 4.79 Å². The Bertz CT molecular complexity index is 400. The topological polar surface area (TPSA) is 43.4 Å². The van der Waals surface area contributed by atoms with E-state index in [2.05, 4.69) is 4.74 Å². The van der Waals surface area contributed by atoms with Crippen LogP contribution in [0.15, 0.2) is 23.1 Å². The number of carbonyl (C=O) groups is 2. The van der Waals surface area contributed by atoms with E-state index in [4.69, 9.17) is 0 Å². The molecule has 0 fully saturated rings. The number of hydrogen-bond donors (Lipinski definition) is 0. The fourth-order valence-corrected chi connectivity index (χ4v) is 1.63. The fraction of sp³-hybridized carbons (Fsp3) is 0.200. The van der Waals surface area contributed by atoms with Crippen LogP contribution in [-0.2, 0) is 14.3 Å². The molecule has 0 atom stereocenters. The number of rotatable bonds is 2. The van der Waals surface area contributed by atoms with E-state index in [0.29, 0.717) is 17.8 Å². The Hall–Kier alpha value is -1.43. The van der Waals surface area contributed by atoms with Crippen molar-refractivity contribution in [2.24, 2.45) is 0 Å². The molecule has 0 unspecified atom stereocenters. The molecule has 16 heavy (non-hydrogen) atoms. The first kappa shape index (κ1) is 12.6. The van der Waals surface area contributed by atoms with Gasteiger partial charge in [-0.15, -0.1) is 0 Å². The van der Waals surface area contributed by atoms with Crippen molar-refractivity contribution in [2.75, 3.05) is 6.61 Å². The molecule has 0 saturated heterocycles. The van der Waals surface area contributed by atoms with Gasteiger partial charge >= 0.3 is 11.1 Å². The lowest BCUT2D eigenvalue weighted by molar-refractivity contribution is -0.149. The van der Waals surface area contributed by atoms with Crippen LogP contribution >= 0.6 is 11.8 Å². The Balaban J connectivity index is 2.73. The molecular formula is C10H8F2O3S. The molecule has 0 N–H and O–H groups in total. The number of esters is 1. The van der Waals surface area contributed by atoms with Crippen LogP contribution in [0, 0.1) is 11.6 Å². The van der Waals surface area contributed by atoms with Crippen LogP contribution in [0.5, 0.6) is 0 Å². The van der Waals surface area contributed by atoms with Crippen LogP contribution < -0.4 is 0 Å². The lowest BCUT2D eigenvalue weighted by Crippen LogP contribution is -2.13. The van der Waals surface area contributed by atoms with Crippen molar-refractivity contribution in [3.8, 4) is 0 Å². The van der Waals surface area contributed by atoms with Crippen LogP contribution in [0.2, 0.25) is 0 Å². The zero-order valence-electron chi connectivity index (χ0n) is 8.33. The summed E-state index contributed by atoms with van der Waals surface area (Å²) in [5.41, 5.74) is 0. The van der Waals surface area contributed by atoms with Gasteiger partial charge in [-0.05, 0) is 30.8 Å². The Labute approximate surface area is 94.8 Å². The van der Waals surface area contributed by atoms with Crippen molar-refractivity contribution < 1.29 is 23.1 Å². The van der Waals surface area contributed by atoms with Crippen molar-refractivity contribution in [3.05, 3.63) is 29.8 Å². The molecule has 0 aromatic heterocycles. The molecule has 0 saturated carbocycles. The van der Waals surface area contributed by atoms with Crippen LogP contribution in [0.4, 0.5) is 8.78 Å². The van der Waals surface area contributed by atoms with Gasteiger partial charge in [0.15, 0.2) is 0 Å². The molecule has 0 spiro atoms. The predicted molar refractivity (Wildman–Crippen MR) is 53.9 cm³/mol. The predicted octanol–water partition coefficient (Wildman–Crippen LogP) is 2.15. The summed E-state index contributed by atoms with van der Waals surface area (Å²) in [7, 11) is 0. The van der Waals surface area contributed by atoms with E-state index in [-0.39, 0.29) is 11.5 Å². The van der Waals surface area contributed by atoms with Gasteiger partial charge in [-0.1, -0.05) is 0 Å². The average Bonchev–Trinajstić information content (AvgIpc) is 2.16. The summed E-state index contributed by atoms with van der Waals surface area (Å²) < 4.78 is 29.9. The SMILES string of the molecule is CCOC(=O)C(=O)Sc1cc(F)cc(F)c1. The van der Waals surface area contributed by atoms with Gasteiger partial charge in [0.05, 0.1) is 6.61 Å². The van der Waals surface area contributed by atoms with Crippen molar-refractivity contribution >= 4 is 22.8 Å². The molecule has 1 aromatic rings. The maximum atomic E-state index is 12.7. The highest BCUT2D eigenvalue weighted by atomic mass is 32.2. The number of ether oxygens (including phenoxy) is 1. The molecule has 0 radical (unpaired) electrons. The Morgan fingerprint density at radius 1 is 1.25 bits per heavy atom. The van der Waals surface area contributed by atoms with E-state index in [1.54, 1.807) is 6.92 Å². The second-order valence-electron chi connectivity index (χ2n) is 2.72. The minimum Gasteiger partial charge on any atom is -0.460 e. The van der Waals surface area contributed by atoms with E-state index in [9.17, 15) is 18.4 Å². The first-order valence-corrected chi connectivity index (χ1v) is 5.19. The van der Waals surface area contributed by atoms with E-state index >= 15 is 0 Å². The second-order valence-corrected chi connectivity index (χ2v) is 3.76. The number of carbonyl (C=O) groups excluding carboxylic acids is 2. The summed E-state index contributed by atoms with van der Waals surface area (Å²) in [6, 6.07) is 2.61. The molecule has 0 aliphatic carbocycles. The molecule has 1 aromatic carbocycles. The minimum absolute atomic E-state index is 0.0237. The van der Waals surface area contributed by atoms with Crippen molar-refractivity contribution in [3.63, 3.8) is 0 Å². The number of halogens is 2. The first-order valence-electron chi connectivity index (χ1n) is 4.38. The maximum absolute atomic E-state index is 12.7. The molecule has 0 aliphatic heterocycles. The van der Waals surface area contributed by atoms with Gasteiger partial charge in [0.1, 0.15) is 11.6 Å². The zero-order valence-corrected chi connectivity index (χ0v) is 9.14. The third kappa shape index (κ3) is 3.62. The monoisotopic (exact) mass is 246 g/mol. The second kappa shape index (κ2) is 5.60. The molecule has 0 heterocycles. The molecular weight excluding hydrogens is 238 g/mol. The van der Waals surface area contributed by atoms with Crippen LogP contribution in [0.1, 0.15) is 6.92 Å². The zero-order chi connectivity index (χ0) is 12.1. The Morgan fingerprint density at radius 3 is 2.31 bits per heavy atom. The lowest BCUT2D eigenvalue weighted by atomic mass is 10.3. The largest absolute Gasteiger partial charge is 0.460 e. The van der Waals surface area contributed by atoms with Gasteiger partial charge in [0.25, 0.3) is 0 Å². The van der Waals surface area contributed by atoms with E-state index < -0.39 is 22.7 Å². The van der Waals surface area contributed by atoms with Crippen LogP contribution in [0.25, 0.3) is 0 Å². The van der Waals surface area contributed by atoms with Crippen molar-refractivity contribution in [1.29, 1.82) is 0 Å². The third-order valence-electron chi connectivity index (χ3n) is 1.49. The number of thioether (sulfide) groups is 1. The van der Waals surface area contributed by atoms with Gasteiger partial charge < -0.3 is 4.74 Å². The van der Waals surface area contributed by atoms with Gasteiger partial charge in [0, 0.05) is 11.0 Å². The van der Waals surface area contributed by atoms with E-state index in [0.717, 1.165) is 12.1 Å². The molecule has 1 rings (SSSR count). The summed E-state index contributed by atoms with van der Waals surface area (Å²) in [4.78, 5) is 22.1. The highest BCUT2D eigenvalue weighted by molar-refractivity contribution is 8.15. The fourth-order valence-electron chi connectivity index (χ4n) is 0.926. The minimum atomic E-state index is -1.03. The van der Waals surface area contributed by atoms with Crippen molar-refractivity contribution in [2.45, 2.75) is 11.8 Å². The maximum Gasteiger partial charge on any atom is 0.386 e. The lowest BCUT2D eigenvalue weighted by Gasteiger charge is -2.01. The quantitative estimate of drug-likeness (QED) is 0.455. The summed E-state index contributed by atoms with van der Waals surface area (Å²) in [5.74, 6) is -2.64. The summed E-state index contributed by atoms with van der Waals surface area (Å²) in [6.07, 6.45) is 0. The molecule has 86 valence electrons. The third-order valence-corrected chi connectivity index (χ3v) is 2.31. The average molecular weight is 246 g/mol. The molecule has 3 nitrogen and oxygen atoms in total. The molecule has 0 bridgehead atoms. The molecule has 0 aliphatic rings. The summed E-state index contributed by atoms with van der Waals surface area (Å²) in [5, 5.41) is -0.910. The van der Waals surface area contributed by atoms with E-state index in [1.807, 2.05) is 0 Å². The summed E-state index contributed by atoms with van der Waals surface area (Å²) in [6.45, 7) is 1.63. The van der Waals surface area contributed by atoms with Crippen LogP contribution in [0.3, 0.4) is 0 Å². The molecule has 0 amide bonds. The van der Waals surface area contributed by atoms with Crippen molar-refractivity contribution in [1.82, 2.24) is 0 Å². The van der Waals surface area contributed by atoms with Gasteiger partial charge in [-0.2, -0.15) is 0 Å². The van der Waals surface area contributed by atoms with Gasteiger partial charge in [0.2, 0.25) is 0 Å². The highest BCUT2D eigenvalue weighted by Crippen LogP contribution is 2.21.